The highest BCUT2D eigenvalue weighted by Crippen LogP contribution is 2.09. The van der Waals surface area contributed by atoms with E-state index in [0.717, 1.165) is 0 Å². The van der Waals surface area contributed by atoms with Gasteiger partial charge in [0.15, 0.2) is 12.2 Å². The molecule has 0 radical (unpaired) electrons. The van der Waals surface area contributed by atoms with Gasteiger partial charge in [0.25, 0.3) is 11.8 Å². The number of nitrogens with two attached hydrogens (primary N) is 1. The van der Waals surface area contributed by atoms with Gasteiger partial charge in [-0.3, -0.25) is 14.4 Å². The number of ketones is 1. The number of hydrogen-bond donors (Lipinski definition) is 2. The molecule has 0 fully saturated rings. The number of carbonyl (C=O) groups excluding carboxylic acids is 3. The van der Waals surface area contributed by atoms with Crippen LogP contribution in [-0.4, -0.2) is 43.4 Å². The average Bonchev–Trinajstić information content (AvgIpc) is 3.32. The summed E-state index contributed by atoms with van der Waals surface area (Å²) >= 11 is 0. The monoisotopic (exact) mass is 354 g/mol. The van der Waals surface area contributed by atoms with E-state index in [9.17, 15) is 14.4 Å². The second-order valence-electron chi connectivity index (χ2n) is 5.25. The van der Waals surface area contributed by atoms with E-state index in [1.165, 1.54) is 29.6 Å². The number of hydrogen-bond acceptors (Lipinski definition) is 7. The minimum Gasteiger partial charge on any atom is -0.451 e. The summed E-state index contributed by atoms with van der Waals surface area (Å²) in [6, 6.07) is 5.43. The van der Waals surface area contributed by atoms with E-state index in [1.807, 2.05) is 0 Å². The van der Waals surface area contributed by atoms with E-state index in [1.54, 1.807) is 24.4 Å². The van der Waals surface area contributed by atoms with Crippen molar-refractivity contribution in [1.82, 2.24) is 25.1 Å². The Bertz CT molecular complexity index is 919. The number of rotatable bonds is 7. The maximum absolute atomic E-state index is 12.6. The fourth-order valence-corrected chi connectivity index (χ4v) is 2.30. The molecule has 132 valence electrons. The summed E-state index contributed by atoms with van der Waals surface area (Å²) in [4.78, 5) is 43.9. The Labute approximate surface area is 147 Å². The minimum absolute atomic E-state index is 0.0399. The normalized spacial score (nSPS) is 11.7. The lowest BCUT2D eigenvalue weighted by molar-refractivity contribution is -0.137. The largest absolute Gasteiger partial charge is 0.451 e. The van der Waals surface area contributed by atoms with Crippen LogP contribution in [-0.2, 0) is 16.0 Å². The Balaban J connectivity index is 1.83. The van der Waals surface area contributed by atoms with E-state index >= 15 is 0 Å². The molecule has 0 saturated carbocycles. The van der Waals surface area contributed by atoms with Crippen molar-refractivity contribution in [2.45, 2.75) is 12.5 Å². The predicted octanol–water partition coefficient (Wildman–Crippen LogP) is -0.349. The van der Waals surface area contributed by atoms with Gasteiger partial charge in [-0.1, -0.05) is 6.07 Å². The molecule has 3 aromatic heterocycles. The molecular weight excluding hydrogens is 340 g/mol. The van der Waals surface area contributed by atoms with Gasteiger partial charge >= 0.3 is 0 Å². The minimum atomic E-state index is -1.18. The van der Waals surface area contributed by atoms with Gasteiger partial charge in [-0.15, -0.1) is 0 Å². The number of amides is 2. The Kier molecular flexibility index (Phi) is 4.83. The van der Waals surface area contributed by atoms with Crippen molar-refractivity contribution in [3.05, 3.63) is 60.7 Å². The zero-order valence-electron chi connectivity index (χ0n) is 13.4. The maximum Gasteiger partial charge on any atom is 0.287 e. The molecule has 0 aliphatic rings. The third-order valence-corrected chi connectivity index (χ3v) is 3.50. The lowest BCUT2D eigenvalue weighted by Crippen LogP contribution is -2.47. The molecule has 26 heavy (non-hydrogen) atoms. The van der Waals surface area contributed by atoms with Crippen LogP contribution in [0.5, 0.6) is 0 Å². The molecule has 0 spiro atoms. The lowest BCUT2D eigenvalue weighted by Gasteiger charge is -2.15. The van der Waals surface area contributed by atoms with Crippen molar-refractivity contribution < 1.29 is 18.8 Å². The molecule has 10 heteroatoms. The third-order valence-electron chi connectivity index (χ3n) is 3.50. The first-order valence-electron chi connectivity index (χ1n) is 7.53. The zero-order valence-corrected chi connectivity index (χ0v) is 13.4. The maximum atomic E-state index is 12.6. The number of aromatic nitrogens is 4. The van der Waals surface area contributed by atoms with Crippen LogP contribution in [0.3, 0.4) is 0 Å². The van der Waals surface area contributed by atoms with E-state index in [0.29, 0.717) is 11.5 Å². The van der Waals surface area contributed by atoms with Crippen molar-refractivity contribution in [2.75, 3.05) is 0 Å². The molecule has 2 amide bonds. The Hall–Kier alpha value is -3.82. The molecule has 0 saturated heterocycles. The first-order valence-corrected chi connectivity index (χ1v) is 7.53. The highest BCUT2D eigenvalue weighted by molar-refractivity contribution is 6.38. The van der Waals surface area contributed by atoms with Crippen molar-refractivity contribution in [1.29, 1.82) is 0 Å². The first kappa shape index (κ1) is 17.0. The van der Waals surface area contributed by atoms with Gasteiger partial charge in [-0.2, -0.15) is 5.10 Å². The van der Waals surface area contributed by atoms with Gasteiger partial charge in [0.05, 0.1) is 11.9 Å². The number of carbonyl (C=O) groups is 3. The molecule has 3 rings (SSSR count). The van der Waals surface area contributed by atoms with Gasteiger partial charge in [0.1, 0.15) is 18.0 Å². The fraction of sp³-hybridized carbons (Fsp3) is 0.125. The molecule has 1 unspecified atom stereocenters. The van der Waals surface area contributed by atoms with Gasteiger partial charge in [0, 0.05) is 12.6 Å². The molecule has 0 aliphatic carbocycles. The average molecular weight is 354 g/mol. The summed E-state index contributed by atoms with van der Waals surface area (Å²) in [6.45, 7) is 0. The number of nitrogens with zero attached hydrogens (tertiary/aromatic N) is 4. The number of Topliss-reactive ketones (excluding diaryl/α,β-unsaturated/α-hetero) is 1. The van der Waals surface area contributed by atoms with Crippen LogP contribution in [0.4, 0.5) is 0 Å². The van der Waals surface area contributed by atoms with Crippen LogP contribution in [0, 0.1) is 0 Å². The van der Waals surface area contributed by atoms with Crippen LogP contribution < -0.4 is 11.1 Å². The van der Waals surface area contributed by atoms with Crippen LogP contribution in [0.2, 0.25) is 0 Å². The Morgan fingerprint density at radius 3 is 2.69 bits per heavy atom. The second-order valence-corrected chi connectivity index (χ2v) is 5.25. The molecule has 3 aromatic rings. The predicted molar refractivity (Wildman–Crippen MR) is 87.0 cm³/mol. The summed E-state index contributed by atoms with van der Waals surface area (Å²) in [5.74, 6) is -2.28. The highest BCUT2D eigenvalue weighted by atomic mass is 16.3. The standard InChI is InChI=1S/C16H14N6O4/c17-15(24)14(23)11(7-10-8-26-9-19-10)21-16(25)12-4-6-20-22(12)13-3-1-2-5-18-13/h1-6,8-9,11H,7H2,(H2,17,24)(H,21,25). The van der Waals surface area contributed by atoms with Crippen LogP contribution >= 0.6 is 0 Å². The van der Waals surface area contributed by atoms with Gasteiger partial charge in [-0.05, 0) is 18.2 Å². The second kappa shape index (κ2) is 7.38. The van der Waals surface area contributed by atoms with Crippen molar-refractivity contribution in [3.8, 4) is 5.82 Å². The highest BCUT2D eigenvalue weighted by Gasteiger charge is 2.28. The van der Waals surface area contributed by atoms with E-state index in [4.69, 9.17) is 10.2 Å². The van der Waals surface area contributed by atoms with Crippen molar-refractivity contribution in [3.63, 3.8) is 0 Å². The van der Waals surface area contributed by atoms with E-state index < -0.39 is 23.6 Å². The van der Waals surface area contributed by atoms with Crippen molar-refractivity contribution >= 4 is 17.6 Å². The summed E-state index contributed by atoms with van der Waals surface area (Å²) in [5.41, 5.74) is 5.61. The molecule has 3 heterocycles. The van der Waals surface area contributed by atoms with E-state index in [-0.39, 0.29) is 12.1 Å². The summed E-state index contributed by atoms with van der Waals surface area (Å²) in [5, 5.41) is 6.55. The molecule has 1 atom stereocenters. The summed E-state index contributed by atoms with van der Waals surface area (Å²) in [7, 11) is 0. The van der Waals surface area contributed by atoms with Crippen molar-refractivity contribution in [2.24, 2.45) is 5.73 Å². The summed E-state index contributed by atoms with van der Waals surface area (Å²) in [6.07, 6.45) is 5.43. The number of pyridine rings is 1. The van der Waals surface area contributed by atoms with Crippen LogP contribution in [0.15, 0.2) is 53.7 Å². The molecular formula is C16H14N6O4. The number of nitrogens with one attached hydrogen (secondary N) is 1. The van der Waals surface area contributed by atoms with Gasteiger partial charge < -0.3 is 15.5 Å². The smallest absolute Gasteiger partial charge is 0.287 e. The van der Waals surface area contributed by atoms with Gasteiger partial charge in [0.2, 0.25) is 5.78 Å². The Morgan fingerprint density at radius 1 is 1.19 bits per heavy atom. The van der Waals surface area contributed by atoms with Gasteiger partial charge in [-0.25, -0.2) is 14.6 Å². The Morgan fingerprint density at radius 2 is 2.04 bits per heavy atom. The SMILES string of the molecule is NC(=O)C(=O)C(Cc1cocn1)NC(=O)c1ccnn1-c1ccccn1. The lowest BCUT2D eigenvalue weighted by atomic mass is 10.1. The van der Waals surface area contributed by atoms with Crippen LogP contribution in [0.1, 0.15) is 16.2 Å². The number of primary amides is 1. The van der Waals surface area contributed by atoms with E-state index in [2.05, 4.69) is 20.4 Å². The third kappa shape index (κ3) is 3.64. The molecule has 0 aromatic carbocycles. The zero-order chi connectivity index (χ0) is 18.5. The first-order chi connectivity index (χ1) is 12.6. The van der Waals surface area contributed by atoms with Crippen LogP contribution in [0.25, 0.3) is 5.82 Å². The quantitative estimate of drug-likeness (QED) is 0.551. The molecule has 10 nitrogen and oxygen atoms in total. The molecule has 3 N–H and O–H groups in total. The molecule has 0 aliphatic heterocycles. The molecule has 0 bridgehead atoms. The topological polar surface area (TPSA) is 146 Å². The fourth-order valence-electron chi connectivity index (χ4n) is 2.30. The summed E-state index contributed by atoms with van der Waals surface area (Å²) < 4.78 is 6.15. The number of oxazole rings is 1.